The maximum Gasteiger partial charge on any atom is 0.433 e. The van der Waals surface area contributed by atoms with Crippen LogP contribution in [0.25, 0.3) is 0 Å². The number of carbonyl (C=O) groups is 2. The molecular weight excluding hydrogens is 581 g/mol. The van der Waals surface area contributed by atoms with Crippen LogP contribution in [0.3, 0.4) is 0 Å². The van der Waals surface area contributed by atoms with Crippen molar-refractivity contribution >= 4 is 23.4 Å². The molecule has 1 spiro atoms. The summed E-state index contributed by atoms with van der Waals surface area (Å²) in [4.78, 5) is 37.6. The van der Waals surface area contributed by atoms with Gasteiger partial charge in [-0.3, -0.25) is 25.0 Å². The first-order valence-electron chi connectivity index (χ1n) is 15.5. The van der Waals surface area contributed by atoms with Gasteiger partial charge in [0.15, 0.2) is 0 Å². The molecule has 1 aromatic carbocycles. The molecular formula is C34H45F3N6O2. The van der Waals surface area contributed by atoms with E-state index in [0.717, 1.165) is 37.1 Å². The second-order valence-electron chi connectivity index (χ2n) is 14.6. The van der Waals surface area contributed by atoms with Crippen LogP contribution < -0.4 is 11.1 Å². The predicted molar refractivity (Wildman–Crippen MR) is 169 cm³/mol. The Labute approximate surface area is 263 Å². The lowest BCUT2D eigenvalue weighted by molar-refractivity contribution is -0.141. The molecule has 1 fully saturated rings. The number of nitrogens with two attached hydrogens (primary N) is 1. The molecule has 0 saturated heterocycles. The zero-order chi connectivity index (χ0) is 33.4. The lowest BCUT2D eigenvalue weighted by atomic mass is 9.69. The van der Waals surface area contributed by atoms with E-state index in [1.54, 1.807) is 12.1 Å². The number of pyridine rings is 1. The van der Waals surface area contributed by atoms with Gasteiger partial charge in [0.1, 0.15) is 22.9 Å². The number of hydrogen-bond acceptors (Lipinski definition) is 5. The number of amides is 2. The molecule has 2 heterocycles. The van der Waals surface area contributed by atoms with E-state index in [0.29, 0.717) is 30.7 Å². The first-order chi connectivity index (χ1) is 20.8. The number of nitrogens with zero attached hydrogens (tertiary/aromatic N) is 3. The Hall–Kier alpha value is -3.76. The van der Waals surface area contributed by atoms with Crippen LogP contribution in [-0.2, 0) is 11.0 Å². The molecule has 0 radical (unpaired) electrons. The summed E-state index contributed by atoms with van der Waals surface area (Å²) in [5.41, 5.74) is 5.19. The fourth-order valence-electron chi connectivity index (χ4n) is 6.38. The number of alkyl halides is 3. The van der Waals surface area contributed by atoms with Crippen LogP contribution in [0.1, 0.15) is 113 Å². The highest BCUT2D eigenvalue weighted by molar-refractivity contribution is 6.46. The standard InChI is InChI=1S/C34H45F3N6O2/c1-31(2,3)16-15-25(21-7-9-22(10-8-21)29(44)41-20-27(38)39)43-30(45)28(23-11-12-26(40-19-23)34(35,36)37)42-33(43)17-13-24(14-18-33)32(4,5)6/h7-12,19,24-25H,13-18,20H2,1-6H3,(H3,38,39)(H,41,44)/t24?,25-,33?/m1/s1. The molecule has 1 atom stereocenters. The summed E-state index contributed by atoms with van der Waals surface area (Å²) in [5, 5.41) is 9.98. The van der Waals surface area contributed by atoms with Crippen LogP contribution in [0.2, 0.25) is 0 Å². The van der Waals surface area contributed by atoms with Gasteiger partial charge in [-0.25, -0.2) is 0 Å². The van der Waals surface area contributed by atoms with Crippen LogP contribution in [0, 0.1) is 22.2 Å². The first-order valence-corrected chi connectivity index (χ1v) is 15.5. The van der Waals surface area contributed by atoms with Gasteiger partial charge in [-0.15, -0.1) is 0 Å². The smallest absolute Gasteiger partial charge is 0.386 e. The third-order valence-electron chi connectivity index (χ3n) is 9.00. The average molecular weight is 627 g/mol. The van der Waals surface area contributed by atoms with Gasteiger partial charge in [0.05, 0.1) is 12.6 Å². The summed E-state index contributed by atoms with van der Waals surface area (Å²) < 4.78 is 39.8. The first kappa shape index (κ1) is 34.1. The van der Waals surface area contributed by atoms with Gasteiger partial charge in [0.2, 0.25) is 0 Å². The van der Waals surface area contributed by atoms with Crippen LogP contribution >= 0.6 is 0 Å². The number of hydrogen-bond donors (Lipinski definition) is 3. The van der Waals surface area contributed by atoms with Crippen LogP contribution in [-0.4, -0.2) is 45.5 Å². The fraction of sp³-hybridized carbons (Fsp3) is 0.559. The summed E-state index contributed by atoms with van der Waals surface area (Å²) in [6.07, 6.45) is 0.907. The van der Waals surface area contributed by atoms with E-state index in [1.807, 2.05) is 17.0 Å². The molecule has 4 rings (SSSR count). The number of benzene rings is 1. The van der Waals surface area contributed by atoms with E-state index in [-0.39, 0.29) is 52.3 Å². The van der Waals surface area contributed by atoms with Crippen molar-refractivity contribution in [3.05, 3.63) is 65.0 Å². The topological polar surface area (TPSA) is 125 Å². The highest BCUT2D eigenvalue weighted by atomic mass is 19.4. The SMILES string of the molecule is CC(C)(C)CC[C@H](c1ccc(C(=O)NCC(=N)N)cc1)N1C(=O)C(c2ccc(C(F)(F)F)nc2)=NC12CCC(C(C)(C)C)CC2. The Kier molecular flexibility index (Phi) is 9.52. The zero-order valence-corrected chi connectivity index (χ0v) is 27.0. The molecule has 1 aromatic heterocycles. The van der Waals surface area contributed by atoms with Gasteiger partial charge in [-0.05, 0) is 85.1 Å². The van der Waals surface area contributed by atoms with E-state index < -0.39 is 17.5 Å². The highest BCUT2D eigenvalue weighted by Gasteiger charge is 2.53. The van der Waals surface area contributed by atoms with Gasteiger partial charge >= 0.3 is 6.18 Å². The minimum absolute atomic E-state index is 0.0361. The van der Waals surface area contributed by atoms with Crippen molar-refractivity contribution in [3.63, 3.8) is 0 Å². The van der Waals surface area contributed by atoms with Crippen molar-refractivity contribution in [3.8, 4) is 0 Å². The molecule has 0 unspecified atom stereocenters. The van der Waals surface area contributed by atoms with E-state index in [9.17, 15) is 22.8 Å². The maximum absolute atomic E-state index is 14.5. The minimum Gasteiger partial charge on any atom is -0.386 e. The molecule has 4 N–H and O–H groups in total. The van der Waals surface area contributed by atoms with Crippen molar-refractivity contribution in [2.45, 2.75) is 97.9 Å². The molecule has 244 valence electrons. The molecule has 0 bridgehead atoms. The summed E-state index contributed by atoms with van der Waals surface area (Å²) in [5.74, 6) is -0.404. The summed E-state index contributed by atoms with van der Waals surface area (Å²) in [7, 11) is 0. The number of aromatic nitrogens is 1. The van der Waals surface area contributed by atoms with Gasteiger partial charge in [-0.1, -0.05) is 53.7 Å². The summed E-state index contributed by atoms with van der Waals surface area (Å²) in [6, 6.07) is 8.86. The quantitative estimate of drug-likeness (QED) is 0.218. The van der Waals surface area contributed by atoms with Crippen LogP contribution in [0.5, 0.6) is 0 Å². The van der Waals surface area contributed by atoms with Crippen LogP contribution in [0.4, 0.5) is 13.2 Å². The van der Waals surface area contributed by atoms with E-state index >= 15 is 0 Å². The molecule has 2 amide bonds. The molecule has 2 aliphatic rings. The average Bonchev–Trinajstić information content (AvgIpc) is 3.22. The van der Waals surface area contributed by atoms with Crippen molar-refractivity contribution in [1.29, 1.82) is 5.41 Å². The maximum atomic E-state index is 14.5. The summed E-state index contributed by atoms with van der Waals surface area (Å²) in [6.45, 7) is 13.0. The van der Waals surface area contributed by atoms with Gasteiger partial charge in [-0.2, -0.15) is 13.2 Å². The third kappa shape index (κ3) is 7.91. The fourth-order valence-corrected chi connectivity index (χ4v) is 6.38. The molecule has 1 saturated carbocycles. The Bertz CT molecular complexity index is 1430. The van der Waals surface area contributed by atoms with Gasteiger partial charge in [0.25, 0.3) is 11.8 Å². The van der Waals surface area contributed by atoms with Gasteiger partial charge < -0.3 is 16.0 Å². The predicted octanol–water partition coefficient (Wildman–Crippen LogP) is 6.90. The van der Waals surface area contributed by atoms with E-state index in [4.69, 9.17) is 16.1 Å². The van der Waals surface area contributed by atoms with Crippen molar-refractivity contribution < 1.29 is 22.8 Å². The van der Waals surface area contributed by atoms with E-state index in [2.05, 4.69) is 51.8 Å². The lowest BCUT2D eigenvalue weighted by Crippen LogP contribution is -2.51. The van der Waals surface area contributed by atoms with Gasteiger partial charge in [0, 0.05) is 17.3 Å². The highest BCUT2D eigenvalue weighted by Crippen LogP contribution is 2.50. The Morgan fingerprint density at radius 1 is 1.07 bits per heavy atom. The monoisotopic (exact) mass is 626 g/mol. The Balaban J connectivity index is 1.76. The molecule has 8 nitrogen and oxygen atoms in total. The van der Waals surface area contributed by atoms with Crippen molar-refractivity contribution in [2.75, 3.05) is 6.54 Å². The molecule has 45 heavy (non-hydrogen) atoms. The second kappa shape index (κ2) is 12.6. The third-order valence-corrected chi connectivity index (χ3v) is 9.00. The Morgan fingerprint density at radius 2 is 1.69 bits per heavy atom. The largest absolute Gasteiger partial charge is 0.433 e. The van der Waals surface area contributed by atoms with Crippen molar-refractivity contribution in [2.24, 2.45) is 27.5 Å². The normalized spacial score (nSPS) is 21.5. The number of rotatable bonds is 8. The number of carbonyl (C=O) groups excluding carboxylic acids is 2. The minimum atomic E-state index is -4.59. The zero-order valence-electron chi connectivity index (χ0n) is 27.0. The Morgan fingerprint density at radius 3 is 2.18 bits per heavy atom. The molecule has 2 aromatic rings. The second-order valence-corrected chi connectivity index (χ2v) is 14.6. The lowest BCUT2D eigenvalue weighted by Gasteiger charge is -2.47. The number of aliphatic imine (C=N–C) groups is 1. The number of halogens is 3. The molecule has 1 aliphatic heterocycles. The number of nitrogens with one attached hydrogen (secondary N) is 2. The number of amidine groups is 1. The van der Waals surface area contributed by atoms with E-state index in [1.165, 1.54) is 6.07 Å². The molecule has 11 heteroatoms. The summed E-state index contributed by atoms with van der Waals surface area (Å²) >= 11 is 0. The van der Waals surface area contributed by atoms with Crippen molar-refractivity contribution in [1.82, 2.24) is 15.2 Å². The molecule has 1 aliphatic carbocycles. The van der Waals surface area contributed by atoms with Crippen LogP contribution in [0.15, 0.2) is 47.6 Å².